The third-order valence-electron chi connectivity index (χ3n) is 5.49. The predicted molar refractivity (Wildman–Crippen MR) is 106 cm³/mol. The molecule has 8 heteroatoms. The van der Waals surface area contributed by atoms with Crippen LogP contribution in [0.15, 0.2) is 29.2 Å². The van der Waals surface area contributed by atoms with Gasteiger partial charge in [0.05, 0.1) is 4.90 Å². The summed E-state index contributed by atoms with van der Waals surface area (Å²) in [6.07, 6.45) is 4.72. The van der Waals surface area contributed by atoms with Gasteiger partial charge in [-0.1, -0.05) is 24.1 Å². The molecular formula is C20H29N3O4S. The Hall–Kier alpha value is -1.93. The van der Waals surface area contributed by atoms with E-state index in [0.29, 0.717) is 38.9 Å². The maximum atomic E-state index is 13.0. The topological polar surface area (TPSA) is 86.8 Å². The van der Waals surface area contributed by atoms with Gasteiger partial charge in [0.1, 0.15) is 6.04 Å². The lowest BCUT2D eigenvalue weighted by Crippen LogP contribution is -2.47. The number of hydrogen-bond donors (Lipinski definition) is 1. The minimum absolute atomic E-state index is 0.135. The second kappa shape index (κ2) is 9.05. The van der Waals surface area contributed by atoms with E-state index in [0.717, 1.165) is 31.4 Å². The first-order chi connectivity index (χ1) is 13.4. The van der Waals surface area contributed by atoms with Crippen molar-refractivity contribution in [2.45, 2.75) is 56.4 Å². The Morgan fingerprint density at radius 3 is 2.61 bits per heavy atom. The monoisotopic (exact) mass is 407 g/mol. The third kappa shape index (κ3) is 4.72. The molecule has 0 radical (unpaired) electrons. The second-order valence-corrected chi connectivity index (χ2v) is 9.46. The normalized spacial score (nSPS) is 21.5. The summed E-state index contributed by atoms with van der Waals surface area (Å²) in [5.41, 5.74) is 0.984. The van der Waals surface area contributed by atoms with Crippen LogP contribution in [0.5, 0.6) is 0 Å². The number of carbonyl (C=O) groups excluding carboxylic acids is 2. The highest BCUT2D eigenvalue weighted by atomic mass is 32.2. The van der Waals surface area contributed by atoms with Crippen molar-refractivity contribution in [3.8, 4) is 0 Å². The smallest absolute Gasteiger partial charge is 0.243 e. The van der Waals surface area contributed by atoms with Crippen LogP contribution in [0.2, 0.25) is 0 Å². The molecule has 0 unspecified atom stereocenters. The van der Waals surface area contributed by atoms with Crippen molar-refractivity contribution in [1.82, 2.24) is 14.5 Å². The van der Waals surface area contributed by atoms with Crippen molar-refractivity contribution in [3.05, 3.63) is 29.8 Å². The van der Waals surface area contributed by atoms with Gasteiger partial charge in [-0.15, -0.1) is 0 Å². The second-order valence-electron chi connectivity index (χ2n) is 7.57. The summed E-state index contributed by atoms with van der Waals surface area (Å²) < 4.78 is 27.2. The molecule has 2 aliphatic heterocycles. The van der Waals surface area contributed by atoms with Crippen LogP contribution in [0.4, 0.5) is 0 Å². The molecule has 2 saturated heterocycles. The zero-order valence-electron chi connectivity index (χ0n) is 16.4. The molecule has 2 aliphatic rings. The Labute approximate surface area is 167 Å². The summed E-state index contributed by atoms with van der Waals surface area (Å²) in [6.45, 7) is 3.80. The largest absolute Gasteiger partial charge is 0.353 e. The number of benzene rings is 1. The van der Waals surface area contributed by atoms with Gasteiger partial charge in [0.15, 0.2) is 0 Å². The predicted octanol–water partition coefficient (Wildman–Crippen LogP) is 1.67. The highest BCUT2D eigenvalue weighted by Gasteiger charge is 2.39. The van der Waals surface area contributed by atoms with Crippen LogP contribution in [0.3, 0.4) is 0 Å². The lowest BCUT2D eigenvalue weighted by molar-refractivity contribution is -0.131. The Bertz CT molecular complexity index is 807. The molecular weight excluding hydrogens is 378 g/mol. The molecule has 1 N–H and O–H groups in total. The van der Waals surface area contributed by atoms with Crippen LogP contribution in [0.25, 0.3) is 0 Å². The molecule has 0 aromatic heterocycles. The molecule has 3 rings (SSSR count). The lowest BCUT2D eigenvalue weighted by Gasteiger charge is -2.25. The number of amides is 2. The SMILES string of the molecule is Cc1ccc(S(=O)(=O)N2CCC[C@H]2C(=O)NCCN2CCCCCC2=O)cc1. The fourth-order valence-electron chi connectivity index (χ4n) is 3.84. The zero-order chi connectivity index (χ0) is 20.1. The van der Waals surface area contributed by atoms with Gasteiger partial charge in [0.2, 0.25) is 21.8 Å². The molecule has 0 spiro atoms. The van der Waals surface area contributed by atoms with E-state index in [9.17, 15) is 18.0 Å². The standard InChI is InChI=1S/C20H29N3O4S/c1-16-8-10-17(11-9-16)28(26,27)23-14-5-6-18(23)20(25)21-12-15-22-13-4-2-3-7-19(22)24/h8-11,18H,2-7,12-15H2,1H3,(H,21,25)/t18-/m0/s1. The van der Waals surface area contributed by atoms with E-state index >= 15 is 0 Å². The van der Waals surface area contributed by atoms with Crippen molar-refractivity contribution in [1.29, 1.82) is 0 Å². The van der Waals surface area contributed by atoms with Gasteiger partial charge in [-0.25, -0.2) is 8.42 Å². The van der Waals surface area contributed by atoms with Crippen LogP contribution in [0.1, 0.15) is 44.1 Å². The van der Waals surface area contributed by atoms with Gasteiger partial charge in [0.25, 0.3) is 0 Å². The van der Waals surface area contributed by atoms with Crippen LogP contribution in [-0.2, 0) is 19.6 Å². The van der Waals surface area contributed by atoms with E-state index in [-0.39, 0.29) is 16.7 Å². The van der Waals surface area contributed by atoms with E-state index < -0.39 is 16.1 Å². The molecule has 0 aliphatic carbocycles. The molecule has 2 heterocycles. The van der Waals surface area contributed by atoms with Crippen molar-refractivity contribution < 1.29 is 18.0 Å². The van der Waals surface area contributed by atoms with Gasteiger partial charge in [-0.05, 0) is 44.7 Å². The highest BCUT2D eigenvalue weighted by molar-refractivity contribution is 7.89. The Kier molecular flexibility index (Phi) is 6.72. The van der Waals surface area contributed by atoms with Gasteiger partial charge >= 0.3 is 0 Å². The van der Waals surface area contributed by atoms with Crippen molar-refractivity contribution >= 4 is 21.8 Å². The number of aryl methyl sites for hydroxylation is 1. The van der Waals surface area contributed by atoms with E-state index in [4.69, 9.17) is 0 Å². The van der Waals surface area contributed by atoms with Crippen molar-refractivity contribution in [2.75, 3.05) is 26.2 Å². The maximum absolute atomic E-state index is 13.0. The molecule has 1 atom stereocenters. The molecule has 0 saturated carbocycles. The number of likely N-dealkylation sites (tertiary alicyclic amines) is 1. The van der Waals surface area contributed by atoms with Crippen molar-refractivity contribution in [2.24, 2.45) is 0 Å². The molecule has 0 bridgehead atoms. The fourth-order valence-corrected chi connectivity index (χ4v) is 5.50. The molecule has 28 heavy (non-hydrogen) atoms. The highest BCUT2D eigenvalue weighted by Crippen LogP contribution is 2.26. The summed E-state index contributed by atoms with van der Waals surface area (Å²) >= 11 is 0. The van der Waals surface area contributed by atoms with Gasteiger partial charge < -0.3 is 10.2 Å². The first-order valence-electron chi connectivity index (χ1n) is 10.0. The number of hydrogen-bond acceptors (Lipinski definition) is 4. The van der Waals surface area contributed by atoms with Gasteiger partial charge in [-0.2, -0.15) is 4.31 Å². The minimum atomic E-state index is -3.70. The van der Waals surface area contributed by atoms with E-state index in [1.54, 1.807) is 29.2 Å². The molecule has 2 amide bonds. The van der Waals surface area contributed by atoms with Gasteiger partial charge in [-0.3, -0.25) is 9.59 Å². The van der Waals surface area contributed by atoms with Crippen LogP contribution in [0, 0.1) is 6.92 Å². The number of nitrogens with zero attached hydrogens (tertiary/aromatic N) is 2. The molecule has 7 nitrogen and oxygen atoms in total. The van der Waals surface area contributed by atoms with Crippen LogP contribution in [-0.4, -0.2) is 61.7 Å². The molecule has 154 valence electrons. The first kappa shape index (κ1) is 20.8. The van der Waals surface area contributed by atoms with Crippen LogP contribution < -0.4 is 5.32 Å². The summed E-state index contributed by atoms with van der Waals surface area (Å²) in [6, 6.07) is 6.00. The molecule has 1 aromatic rings. The number of nitrogens with one attached hydrogen (secondary N) is 1. The summed E-state index contributed by atoms with van der Waals surface area (Å²) in [4.78, 5) is 26.7. The van der Waals surface area contributed by atoms with E-state index in [1.165, 1.54) is 4.31 Å². The number of carbonyl (C=O) groups is 2. The Morgan fingerprint density at radius 1 is 1.11 bits per heavy atom. The minimum Gasteiger partial charge on any atom is -0.353 e. The Morgan fingerprint density at radius 2 is 1.86 bits per heavy atom. The molecule has 1 aromatic carbocycles. The number of sulfonamides is 1. The van der Waals surface area contributed by atoms with Crippen LogP contribution >= 0.6 is 0 Å². The van der Waals surface area contributed by atoms with Crippen molar-refractivity contribution in [3.63, 3.8) is 0 Å². The molecule has 2 fully saturated rings. The van der Waals surface area contributed by atoms with E-state index in [1.807, 2.05) is 6.92 Å². The quantitative estimate of drug-likeness (QED) is 0.777. The average Bonchev–Trinajstić information content (AvgIpc) is 3.09. The average molecular weight is 408 g/mol. The summed E-state index contributed by atoms with van der Waals surface area (Å²) in [5.74, 6) is -0.147. The van der Waals surface area contributed by atoms with E-state index in [2.05, 4.69) is 5.32 Å². The fraction of sp³-hybridized carbons (Fsp3) is 0.600. The lowest BCUT2D eigenvalue weighted by atomic mass is 10.2. The summed E-state index contributed by atoms with van der Waals surface area (Å²) in [7, 11) is -3.70. The Balaban J connectivity index is 1.59. The maximum Gasteiger partial charge on any atom is 0.243 e. The zero-order valence-corrected chi connectivity index (χ0v) is 17.2. The third-order valence-corrected chi connectivity index (χ3v) is 7.41. The van der Waals surface area contributed by atoms with Gasteiger partial charge in [0, 0.05) is 32.6 Å². The first-order valence-corrected chi connectivity index (χ1v) is 11.5. The number of rotatable bonds is 6. The summed E-state index contributed by atoms with van der Waals surface area (Å²) in [5, 5.41) is 2.84.